The molecule has 5 heteroatoms. The molecule has 1 aromatic heterocycles. The maximum atomic E-state index is 13.4. The number of hydrogen-bond acceptors (Lipinski definition) is 4. The minimum absolute atomic E-state index is 0.240. The number of hydrogen-bond donors (Lipinski definition) is 1. The topological polar surface area (TPSA) is 48.1 Å². The quantitative estimate of drug-likeness (QED) is 0.934. The van der Waals surface area contributed by atoms with Gasteiger partial charge in [0.05, 0.1) is 5.69 Å². The summed E-state index contributed by atoms with van der Waals surface area (Å²) in [6.45, 7) is 6.06. The second kappa shape index (κ2) is 5.27. The van der Waals surface area contributed by atoms with Gasteiger partial charge in [0.1, 0.15) is 11.6 Å². The van der Waals surface area contributed by atoms with Crippen molar-refractivity contribution in [2.75, 3.05) is 0 Å². The van der Waals surface area contributed by atoms with E-state index < -0.39 is 5.54 Å². The van der Waals surface area contributed by atoms with Crippen LogP contribution in [0, 0.1) is 12.7 Å². The molecule has 1 heterocycles. The zero-order valence-electron chi connectivity index (χ0n) is 11.2. The first-order valence-corrected chi connectivity index (χ1v) is 6.82. The second-order valence-electron chi connectivity index (χ2n) is 4.96. The highest BCUT2D eigenvalue weighted by molar-refractivity contribution is 7.11. The third-order valence-corrected chi connectivity index (χ3v) is 4.08. The molecular weight excluding hydrogens is 263 g/mol. The van der Waals surface area contributed by atoms with Crippen molar-refractivity contribution < 1.29 is 9.13 Å². The van der Waals surface area contributed by atoms with Crippen molar-refractivity contribution in [2.24, 2.45) is 5.73 Å². The number of para-hydroxylation sites is 1. The molecular formula is C14H17FN2OS. The SMILES string of the molecule is Cc1nc(COc2ccccc2F)sc1C(C)(C)N. The number of nitrogens with two attached hydrogens (primary N) is 1. The Morgan fingerprint density at radius 3 is 2.63 bits per heavy atom. The molecule has 2 N–H and O–H groups in total. The number of ether oxygens (including phenoxy) is 1. The molecule has 0 saturated heterocycles. The second-order valence-corrected chi connectivity index (χ2v) is 6.05. The molecule has 102 valence electrons. The van der Waals surface area contributed by atoms with E-state index in [2.05, 4.69) is 4.98 Å². The lowest BCUT2D eigenvalue weighted by atomic mass is 10.0. The summed E-state index contributed by atoms with van der Waals surface area (Å²) < 4.78 is 18.8. The van der Waals surface area contributed by atoms with E-state index in [1.54, 1.807) is 18.2 Å². The van der Waals surface area contributed by atoms with Crippen LogP contribution in [-0.4, -0.2) is 4.98 Å². The summed E-state index contributed by atoms with van der Waals surface area (Å²) in [5.41, 5.74) is 6.56. The van der Waals surface area contributed by atoms with Crippen LogP contribution in [0.1, 0.15) is 29.4 Å². The van der Waals surface area contributed by atoms with E-state index in [1.807, 2.05) is 20.8 Å². The fraction of sp³-hybridized carbons (Fsp3) is 0.357. The lowest BCUT2D eigenvalue weighted by Gasteiger charge is -2.16. The third-order valence-electron chi connectivity index (χ3n) is 2.61. The van der Waals surface area contributed by atoms with Gasteiger partial charge in [0.25, 0.3) is 0 Å². The normalized spacial score (nSPS) is 11.6. The van der Waals surface area contributed by atoms with Crippen LogP contribution in [0.4, 0.5) is 4.39 Å². The summed E-state index contributed by atoms with van der Waals surface area (Å²) in [6, 6.07) is 6.34. The lowest BCUT2D eigenvalue weighted by molar-refractivity contribution is 0.289. The Morgan fingerprint density at radius 2 is 2.05 bits per heavy atom. The predicted molar refractivity (Wildman–Crippen MR) is 74.8 cm³/mol. The molecule has 0 unspecified atom stereocenters. The summed E-state index contributed by atoms with van der Waals surface area (Å²) in [6.07, 6.45) is 0. The first-order chi connectivity index (χ1) is 8.88. The van der Waals surface area contributed by atoms with E-state index in [-0.39, 0.29) is 18.2 Å². The maximum absolute atomic E-state index is 13.4. The number of benzene rings is 1. The maximum Gasteiger partial charge on any atom is 0.165 e. The number of rotatable bonds is 4. The summed E-state index contributed by atoms with van der Waals surface area (Å²) in [4.78, 5) is 5.44. The highest BCUT2D eigenvalue weighted by Crippen LogP contribution is 2.28. The molecule has 1 aromatic carbocycles. The van der Waals surface area contributed by atoms with E-state index >= 15 is 0 Å². The molecule has 2 rings (SSSR count). The largest absolute Gasteiger partial charge is 0.483 e. The molecule has 19 heavy (non-hydrogen) atoms. The van der Waals surface area contributed by atoms with E-state index in [0.717, 1.165) is 15.6 Å². The molecule has 0 aliphatic heterocycles. The molecule has 3 nitrogen and oxygen atoms in total. The first kappa shape index (κ1) is 14.0. The van der Waals surface area contributed by atoms with Crippen molar-refractivity contribution >= 4 is 11.3 Å². The molecule has 0 aliphatic rings. The Hall–Kier alpha value is -1.46. The summed E-state index contributed by atoms with van der Waals surface area (Å²) in [7, 11) is 0. The van der Waals surface area contributed by atoms with Crippen molar-refractivity contribution in [1.29, 1.82) is 0 Å². The smallest absolute Gasteiger partial charge is 0.165 e. The third kappa shape index (κ3) is 3.30. The van der Waals surface area contributed by atoms with Crippen LogP contribution >= 0.6 is 11.3 Å². The van der Waals surface area contributed by atoms with E-state index in [9.17, 15) is 4.39 Å². The molecule has 0 saturated carbocycles. The summed E-state index contributed by atoms with van der Waals surface area (Å²) in [5.74, 6) is -0.126. The van der Waals surface area contributed by atoms with Crippen LogP contribution < -0.4 is 10.5 Å². The zero-order chi connectivity index (χ0) is 14.0. The molecule has 0 spiro atoms. The van der Waals surface area contributed by atoms with Gasteiger partial charge in [-0.05, 0) is 32.9 Å². The average Bonchev–Trinajstić information content (AvgIpc) is 2.69. The summed E-state index contributed by atoms with van der Waals surface area (Å²) >= 11 is 1.51. The van der Waals surface area contributed by atoms with Crippen molar-refractivity contribution in [2.45, 2.75) is 32.9 Å². The van der Waals surface area contributed by atoms with Crippen molar-refractivity contribution in [3.05, 3.63) is 45.7 Å². The Balaban J connectivity index is 2.11. The fourth-order valence-corrected chi connectivity index (χ4v) is 2.81. The van der Waals surface area contributed by atoms with Crippen LogP contribution in [-0.2, 0) is 12.1 Å². The number of nitrogens with zero attached hydrogens (tertiary/aromatic N) is 1. The van der Waals surface area contributed by atoms with E-state index in [0.29, 0.717) is 0 Å². The number of thiazole rings is 1. The minimum Gasteiger partial charge on any atom is -0.483 e. The Morgan fingerprint density at radius 1 is 1.37 bits per heavy atom. The molecule has 0 aliphatic carbocycles. The van der Waals surface area contributed by atoms with Gasteiger partial charge in [-0.1, -0.05) is 12.1 Å². The van der Waals surface area contributed by atoms with Gasteiger partial charge < -0.3 is 10.5 Å². The van der Waals surface area contributed by atoms with Crippen molar-refractivity contribution in [3.63, 3.8) is 0 Å². The van der Waals surface area contributed by atoms with Gasteiger partial charge in [0.2, 0.25) is 0 Å². The predicted octanol–water partition coefficient (Wildman–Crippen LogP) is 3.36. The van der Waals surface area contributed by atoms with Gasteiger partial charge in [-0.3, -0.25) is 0 Å². The van der Waals surface area contributed by atoms with Gasteiger partial charge in [0.15, 0.2) is 11.6 Å². The van der Waals surface area contributed by atoms with Gasteiger partial charge >= 0.3 is 0 Å². The molecule has 0 fully saturated rings. The highest BCUT2D eigenvalue weighted by Gasteiger charge is 2.21. The number of aryl methyl sites for hydroxylation is 1. The first-order valence-electron chi connectivity index (χ1n) is 6.01. The molecule has 2 aromatic rings. The zero-order valence-corrected chi connectivity index (χ0v) is 12.1. The van der Waals surface area contributed by atoms with Gasteiger partial charge in [-0.2, -0.15) is 0 Å². The fourth-order valence-electron chi connectivity index (χ4n) is 1.81. The van der Waals surface area contributed by atoms with Crippen molar-refractivity contribution in [3.8, 4) is 5.75 Å². The van der Waals surface area contributed by atoms with Gasteiger partial charge in [-0.15, -0.1) is 11.3 Å². The Kier molecular flexibility index (Phi) is 3.87. The van der Waals surface area contributed by atoms with Crippen LogP contribution in [0.3, 0.4) is 0 Å². The Labute approximate surface area is 116 Å². The average molecular weight is 280 g/mol. The standard InChI is InChI=1S/C14H17FN2OS/c1-9-13(14(2,3)16)19-12(17-9)8-18-11-7-5-4-6-10(11)15/h4-7H,8,16H2,1-3H3. The minimum atomic E-state index is -0.419. The molecule has 0 bridgehead atoms. The van der Waals surface area contributed by atoms with Crippen LogP contribution in [0.5, 0.6) is 5.75 Å². The highest BCUT2D eigenvalue weighted by atomic mass is 32.1. The van der Waals surface area contributed by atoms with E-state index in [1.165, 1.54) is 17.4 Å². The van der Waals surface area contributed by atoms with Gasteiger partial charge in [0, 0.05) is 10.4 Å². The van der Waals surface area contributed by atoms with E-state index in [4.69, 9.17) is 10.5 Å². The van der Waals surface area contributed by atoms with Crippen LogP contribution in [0.25, 0.3) is 0 Å². The number of aromatic nitrogens is 1. The van der Waals surface area contributed by atoms with Gasteiger partial charge in [-0.25, -0.2) is 9.37 Å². The lowest BCUT2D eigenvalue weighted by Crippen LogP contribution is -2.28. The Bertz CT molecular complexity index is 575. The van der Waals surface area contributed by atoms with Crippen LogP contribution in [0.15, 0.2) is 24.3 Å². The molecule has 0 atom stereocenters. The van der Waals surface area contributed by atoms with Crippen LogP contribution in [0.2, 0.25) is 0 Å². The number of halogens is 1. The summed E-state index contributed by atoms with van der Waals surface area (Å²) in [5, 5.41) is 0.800. The molecule has 0 amide bonds. The molecule has 0 radical (unpaired) electrons. The monoisotopic (exact) mass is 280 g/mol. The van der Waals surface area contributed by atoms with Crippen molar-refractivity contribution in [1.82, 2.24) is 4.98 Å².